The van der Waals surface area contributed by atoms with Crippen LogP contribution in [0.2, 0.25) is 0 Å². The first-order chi connectivity index (χ1) is 31.2. The number of benzene rings is 4. The SMILES string of the molecule is C/C=C(C)\C(=C/N)n1c2ccc(/C(N)=C/C=C3/C=CC=CC3)cc2c2cc3c(cc21)-c1cc2c(cc1CC3)c1cc(C3=CC=C(CC)C(/C=C\CC)N3)ccc1n2/C(C)=C(C)/C=C\N. The number of allylic oxidation sites excluding steroid dienone is 16. The summed E-state index contributed by atoms with van der Waals surface area (Å²) in [4.78, 5) is 0. The Kier molecular flexibility index (Phi) is 11.5. The first kappa shape index (κ1) is 42.1. The van der Waals surface area contributed by atoms with Crippen molar-refractivity contribution < 1.29 is 0 Å². The van der Waals surface area contributed by atoms with Crippen molar-refractivity contribution in [3.8, 4) is 11.1 Å². The number of hydrogen-bond acceptors (Lipinski definition) is 4. The summed E-state index contributed by atoms with van der Waals surface area (Å²) in [6.45, 7) is 13.0. The number of dihydropyridines is 1. The van der Waals surface area contributed by atoms with E-state index in [1.165, 1.54) is 66.2 Å². The molecule has 3 heterocycles. The van der Waals surface area contributed by atoms with Crippen molar-refractivity contribution in [2.45, 2.75) is 79.7 Å². The highest BCUT2D eigenvalue weighted by atomic mass is 15.0. The molecule has 0 fully saturated rings. The van der Waals surface area contributed by atoms with E-state index < -0.39 is 0 Å². The quantitative estimate of drug-likeness (QED) is 0.0815. The van der Waals surface area contributed by atoms with E-state index in [1.807, 2.05) is 12.2 Å². The molecule has 1 aliphatic heterocycles. The van der Waals surface area contributed by atoms with E-state index in [9.17, 15) is 0 Å². The van der Waals surface area contributed by atoms with Crippen LogP contribution < -0.4 is 22.5 Å². The Hall–Kier alpha value is -7.18. The normalized spacial score (nSPS) is 18.1. The Bertz CT molecular complexity index is 3240. The van der Waals surface area contributed by atoms with Crippen molar-refractivity contribution in [2.75, 3.05) is 0 Å². The fourth-order valence-corrected chi connectivity index (χ4v) is 9.85. The molecule has 6 aromatic rings. The molecule has 0 amide bonds. The highest BCUT2D eigenvalue weighted by molar-refractivity contribution is 6.15. The van der Waals surface area contributed by atoms with Crippen molar-refractivity contribution in [1.82, 2.24) is 14.5 Å². The summed E-state index contributed by atoms with van der Waals surface area (Å²) in [5.41, 5.74) is 40.1. The minimum Gasteiger partial charge on any atom is -0.405 e. The van der Waals surface area contributed by atoms with E-state index >= 15 is 0 Å². The molecule has 322 valence electrons. The van der Waals surface area contributed by atoms with Gasteiger partial charge in [-0.25, -0.2) is 0 Å². The Balaban J connectivity index is 1.25. The number of aromatic nitrogens is 2. The lowest BCUT2D eigenvalue weighted by Crippen LogP contribution is -2.30. The highest BCUT2D eigenvalue weighted by Gasteiger charge is 2.25. The molecule has 1 atom stereocenters. The summed E-state index contributed by atoms with van der Waals surface area (Å²) < 4.78 is 4.76. The lowest BCUT2D eigenvalue weighted by atomic mass is 9.84. The van der Waals surface area contributed by atoms with Crippen LogP contribution in [0.4, 0.5) is 0 Å². The molecule has 2 aliphatic carbocycles. The average molecular weight is 841 g/mol. The molecule has 4 aromatic carbocycles. The summed E-state index contributed by atoms with van der Waals surface area (Å²) in [5.74, 6) is 0. The zero-order valence-electron chi connectivity index (χ0n) is 38.1. The van der Waals surface area contributed by atoms with Crippen molar-refractivity contribution in [3.05, 3.63) is 191 Å². The molecular weight excluding hydrogens is 781 g/mol. The third kappa shape index (κ3) is 7.37. The second kappa shape index (κ2) is 17.5. The van der Waals surface area contributed by atoms with Crippen LogP contribution in [0.3, 0.4) is 0 Å². The largest absolute Gasteiger partial charge is 0.405 e. The lowest BCUT2D eigenvalue weighted by Gasteiger charge is -2.25. The second-order valence-electron chi connectivity index (χ2n) is 17.3. The van der Waals surface area contributed by atoms with Gasteiger partial charge < -0.3 is 31.7 Å². The monoisotopic (exact) mass is 840 g/mol. The molecule has 6 heteroatoms. The number of nitrogens with two attached hydrogens (primary N) is 3. The molecule has 1 unspecified atom stereocenters. The van der Waals surface area contributed by atoms with Gasteiger partial charge in [-0.15, -0.1) is 0 Å². The van der Waals surface area contributed by atoms with E-state index in [4.69, 9.17) is 17.2 Å². The molecule has 9 rings (SSSR count). The first-order valence-corrected chi connectivity index (χ1v) is 22.9. The first-order valence-electron chi connectivity index (χ1n) is 22.9. The van der Waals surface area contributed by atoms with Gasteiger partial charge in [0.05, 0.1) is 33.8 Å². The maximum absolute atomic E-state index is 6.80. The summed E-state index contributed by atoms with van der Waals surface area (Å²) >= 11 is 0. The fraction of sp³-hybridized carbons (Fsp3) is 0.207. The second-order valence-corrected chi connectivity index (χ2v) is 17.3. The van der Waals surface area contributed by atoms with Gasteiger partial charge in [0.2, 0.25) is 0 Å². The van der Waals surface area contributed by atoms with E-state index in [-0.39, 0.29) is 6.04 Å². The van der Waals surface area contributed by atoms with E-state index in [1.54, 1.807) is 12.4 Å². The Morgan fingerprint density at radius 2 is 1.48 bits per heavy atom. The van der Waals surface area contributed by atoms with Crippen LogP contribution in [0, 0.1) is 0 Å². The fourth-order valence-electron chi connectivity index (χ4n) is 9.85. The summed E-state index contributed by atoms with van der Waals surface area (Å²) in [7, 11) is 0. The van der Waals surface area contributed by atoms with Crippen LogP contribution in [0.25, 0.3) is 77.5 Å². The molecule has 64 heavy (non-hydrogen) atoms. The van der Waals surface area contributed by atoms with Gasteiger partial charge in [0.15, 0.2) is 0 Å². The topological polar surface area (TPSA) is 100.0 Å². The van der Waals surface area contributed by atoms with Crippen molar-refractivity contribution in [1.29, 1.82) is 0 Å². The minimum atomic E-state index is 0.190. The number of aryl methyl sites for hydroxylation is 2. The van der Waals surface area contributed by atoms with Crippen LogP contribution in [0.5, 0.6) is 0 Å². The zero-order valence-corrected chi connectivity index (χ0v) is 38.1. The number of nitrogens with zero attached hydrogens (tertiary/aromatic N) is 2. The molecule has 0 bridgehead atoms. The van der Waals surface area contributed by atoms with Gasteiger partial charge in [-0.1, -0.05) is 80.7 Å². The molecule has 0 saturated heterocycles. The summed E-state index contributed by atoms with van der Waals surface area (Å²) in [5, 5.41) is 8.69. The molecule has 0 radical (unpaired) electrons. The molecule has 6 nitrogen and oxygen atoms in total. The van der Waals surface area contributed by atoms with Gasteiger partial charge in [-0.2, -0.15) is 0 Å². The Morgan fingerprint density at radius 1 is 0.797 bits per heavy atom. The van der Waals surface area contributed by atoms with Gasteiger partial charge >= 0.3 is 0 Å². The lowest BCUT2D eigenvalue weighted by molar-refractivity contribution is 0.764. The Labute approximate surface area is 377 Å². The van der Waals surface area contributed by atoms with Crippen molar-refractivity contribution >= 4 is 66.4 Å². The number of hydrogen-bond donors (Lipinski definition) is 4. The van der Waals surface area contributed by atoms with Gasteiger partial charge in [0.25, 0.3) is 0 Å². The van der Waals surface area contributed by atoms with Crippen LogP contribution in [0.15, 0.2) is 168 Å². The zero-order chi connectivity index (χ0) is 44.6. The number of nitrogens with one attached hydrogen (secondary N) is 1. The van der Waals surface area contributed by atoms with Gasteiger partial charge in [-0.3, -0.25) is 0 Å². The number of fused-ring (bicyclic) bond motifs is 9. The molecule has 3 aliphatic rings. The third-order valence-corrected chi connectivity index (χ3v) is 13.6. The maximum atomic E-state index is 6.80. The van der Waals surface area contributed by atoms with Crippen LogP contribution >= 0.6 is 0 Å². The highest BCUT2D eigenvalue weighted by Crippen LogP contribution is 2.45. The molecular formula is C58H60N6. The summed E-state index contributed by atoms with van der Waals surface area (Å²) in [6.07, 6.45) is 34.0. The van der Waals surface area contributed by atoms with Crippen LogP contribution in [-0.2, 0) is 12.8 Å². The van der Waals surface area contributed by atoms with E-state index in [0.717, 1.165) is 88.0 Å². The van der Waals surface area contributed by atoms with E-state index in [2.05, 4.69) is 177 Å². The van der Waals surface area contributed by atoms with Crippen LogP contribution in [-0.4, -0.2) is 15.2 Å². The molecule has 0 saturated carbocycles. The van der Waals surface area contributed by atoms with Crippen molar-refractivity contribution in [3.63, 3.8) is 0 Å². The van der Waals surface area contributed by atoms with Crippen LogP contribution in [0.1, 0.15) is 83.1 Å². The predicted octanol–water partition coefficient (Wildman–Crippen LogP) is 13.5. The smallest absolute Gasteiger partial charge is 0.0661 e. The third-order valence-electron chi connectivity index (χ3n) is 13.6. The standard InChI is InChI=1S/C58H60N6/c1-7-10-16-52-40(9-3)20-24-53(62-52)44-22-26-54-48(32-44)49-29-41-18-19-42-30-50-47-31-43(51(61)23-17-39-14-12-11-13-15-39)21-25-55(47)64(58(35-60)36(4)8-2)57(50)34-46(42)45(41)33-56(49)63(54)38(6)37(5)27-28-59/h8,10-14,16-17,20-35,52,62H,7,9,15,18-19,59-61H2,1-6H3/b16-10-,28-27-,36-8-,38-37+,39-17-,51-23-,58-35+. The molecule has 0 spiro atoms. The van der Waals surface area contributed by atoms with Gasteiger partial charge in [0, 0.05) is 44.8 Å². The molecule has 7 N–H and O–H groups in total. The predicted molar refractivity (Wildman–Crippen MR) is 277 cm³/mol. The van der Waals surface area contributed by atoms with E-state index in [0.29, 0.717) is 0 Å². The van der Waals surface area contributed by atoms with Crippen molar-refractivity contribution in [2.24, 2.45) is 17.2 Å². The van der Waals surface area contributed by atoms with Gasteiger partial charge in [0.1, 0.15) is 0 Å². The average Bonchev–Trinajstić information content (AvgIpc) is 3.81. The maximum Gasteiger partial charge on any atom is 0.0661 e. The summed E-state index contributed by atoms with van der Waals surface area (Å²) in [6, 6.07) is 23.5. The molecule has 2 aromatic heterocycles. The van der Waals surface area contributed by atoms with Gasteiger partial charge in [-0.05, 0) is 188 Å². The number of rotatable bonds is 10. The Morgan fingerprint density at radius 3 is 2.14 bits per heavy atom. The minimum absolute atomic E-state index is 0.190.